The van der Waals surface area contributed by atoms with Gasteiger partial charge in [0.2, 0.25) is 5.95 Å². The minimum atomic E-state index is 0.0551. The van der Waals surface area contributed by atoms with Crippen molar-refractivity contribution in [2.75, 3.05) is 25.9 Å². The fourth-order valence-electron chi connectivity index (χ4n) is 2.72. The van der Waals surface area contributed by atoms with Gasteiger partial charge >= 0.3 is 0 Å². The molecule has 3 rings (SSSR count). The molecule has 0 aliphatic carbocycles. The molecule has 6 nitrogen and oxygen atoms in total. The molecule has 2 aliphatic rings. The van der Waals surface area contributed by atoms with Gasteiger partial charge in [0.25, 0.3) is 5.91 Å². The van der Waals surface area contributed by atoms with Crippen molar-refractivity contribution in [3.63, 3.8) is 0 Å². The van der Waals surface area contributed by atoms with E-state index in [4.69, 9.17) is 5.73 Å². The minimum Gasteiger partial charge on any atom is -0.368 e. The van der Waals surface area contributed by atoms with Crippen LogP contribution in [0, 0.1) is 0 Å². The molecule has 1 aromatic rings. The van der Waals surface area contributed by atoms with Gasteiger partial charge in [0, 0.05) is 12.2 Å². The van der Waals surface area contributed by atoms with Crippen molar-refractivity contribution in [1.82, 2.24) is 19.8 Å². The zero-order chi connectivity index (χ0) is 12.7. The molecular formula is C12H17N5O. The van der Waals surface area contributed by atoms with Gasteiger partial charge in [0.1, 0.15) is 0 Å². The number of hydrogen-bond donors (Lipinski definition) is 1. The van der Waals surface area contributed by atoms with Gasteiger partial charge in [-0.05, 0) is 33.0 Å². The zero-order valence-corrected chi connectivity index (χ0v) is 10.5. The summed E-state index contributed by atoms with van der Waals surface area (Å²) >= 11 is 0. The molecule has 0 bridgehead atoms. The van der Waals surface area contributed by atoms with Gasteiger partial charge in [0.15, 0.2) is 0 Å². The Balaban J connectivity index is 1.80. The fraction of sp³-hybridized carbons (Fsp3) is 0.583. The van der Waals surface area contributed by atoms with Gasteiger partial charge in [-0.15, -0.1) is 0 Å². The van der Waals surface area contributed by atoms with Gasteiger partial charge in [-0.1, -0.05) is 0 Å². The first kappa shape index (κ1) is 11.4. The van der Waals surface area contributed by atoms with Gasteiger partial charge in [-0.2, -0.15) is 0 Å². The standard InChI is InChI=1S/C12H17N5O/c1-16-4-2-8(3-5-16)17-7-10-9(11(17)18)6-14-12(13)15-10/h6,8H,2-5,7H2,1H3,(H2,13,14,15). The van der Waals surface area contributed by atoms with Crippen LogP contribution in [0.2, 0.25) is 0 Å². The Morgan fingerprint density at radius 3 is 2.83 bits per heavy atom. The highest BCUT2D eigenvalue weighted by Gasteiger charge is 2.35. The van der Waals surface area contributed by atoms with Gasteiger partial charge in [0.05, 0.1) is 17.8 Å². The third-order valence-corrected chi connectivity index (χ3v) is 3.83. The molecule has 2 N–H and O–H groups in total. The monoisotopic (exact) mass is 247 g/mol. The summed E-state index contributed by atoms with van der Waals surface area (Å²) in [7, 11) is 2.11. The molecule has 18 heavy (non-hydrogen) atoms. The summed E-state index contributed by atoms with van der Waals surface area (Å²) < 4.78 is 0. The minimum absolute atomic E-state index is 0.0551. The molecule has 1 saturated heterocycles. The summed E-state index contributed by atoms with van der Waals surface area (Å²) in [5.74, 6) is 0.298. The van der Waals surface area contributed by atoms with E-state index < -0.39 is 0 Å². The summed E-state index contributed by atoms with van der Waals surface area (Å²) in [4.78, 5) is 24.6. The molecule has 3 heterocycles. The molecule has 1 amide bonds. The lowest BCUT2D eigenvalue weighted by Gasteiger charge is -2.34. The number of nitrogens with two attached hydrogens (primary N) is 1. The summed E-state index contributed by atoms with van der Waals surface area (Å²) in [6.07, 6.45) is 3.60. The van der Waals surface area contributed by atoms with E-state index in [9.17, 15) is 4.79 Å². The lowest BCUT2D eigenvalue weighted by Crippen LogP contribution is -2.43. The fourth-order valence-corrected chi connectivity index (χ4v) is 2.72. The maximum absolute atomic E-state index is 12.3. The third-order valence-electron chi connectivity index (χ3n) is 3.83. The van der Waals surface area contributed by atoms with Gasteiger partial charge in [-0.25, -0.2) is 9.97 Å². The average molecular weight is 247 g/mol. The highest BCUT2D eigenvalue weighted by molar-refractivity contribution is 5.97. The molecule has 0 saturated carbocycles. The van der Waals surface area contributed by atoms with Crippen LogP contribution in [0.15, 0.2) is 6.20 Å². The maximum Gasteiger partial charge on any atom is 0.257 e. The Labute approximate surface area is 106 Å². The SMILES string of the molecule is CN1CCC(N2Cc3nc(N)ncc3C2=O)CC1. The van der Waals surface area contributed by atoms with Crippen LogP contribution in [0.1, 0.15) is 28.9 Å². The van der Waals surface area contributed by atoms with Crippen LogP contribution in [0.25, 0.3) is 0 Å². The van der Waals surface area contributed by atoms with E-state index in [-0.39, 0.29) is 11.9 Å². The van der Waals surface area contributed by atoms with Crippen molar-refractivity contribution in [3.05, 3.63) is 17.5 Å². The summed E-state index contributed by atoms with van der Waals surface area (Å²) in [5.41, 5.74) is 6.94. The van der Waals surface area contributed by atoms with E-state index in [0.717, 1.165) is 31.6 Å². The molecule has 0 spiro atoms. The van der Waals surface area contributed by atoms with Crippen molar-refractivity contribution in [2.45, 2.75) is 25.4 Å². The molecule has 1 aromatic heterocycles. The number of nitrogens with zero attached hydrogens (tertiary/aromatic N) is 4. The molecule has 96 valence electrons. The number of aromatic nitrogens is 2. The largest absolute Gasteiger partial charge is 0.368 e. The topological polar surface area (TPSA) is 75.3 Å². The highest BCUT2D eigenvalue weighted by atomic mass is 16.2. The quantitative estimate of drug-likeness (QED) is 0.762. The van der Waals surface area contributed by atoms with Gasteiger partial charge < -0.3 is 15.5 Å². The Morgan fingerprint density at radius 2 is 2.11 bits per heavy atom. The normalized spacial score (nSPS) is 21.4. The molecule has 1 fully saturated rings. The lowest BCUT2D eigenvalue weighted by molar-refractivity contribution is 0.0615. The van der Waals surface area contributed by atoms with Crippen molar-refractivity contribution >= 4 is 11.9 Å². The Kier molecular flexibility index (Phi) is 2.66. The number of anilines is 1. The van der Waals surface area contributed by atoms with E-state index in [1.165, 1.54) is 0 Å². The molecule has 6 heteroatoms. The number of nitrogen functional groups attached to an aromatic ring is 1. The van der Waals surface area contributed by atoms with E-state index in [2.05, 4.69) is 21.9 Å². The average Bonchev–Trinajstić information content (AvgIpc) is 2.67. The second kappa shape index (κ2) is 4.20. The molecule has 0 aromatic carbocycles. The van der Waals surface area contributed by atoms with E-state index in [0.29, 0.717) is 18.2 Å². The number of likely N-dealkylation sites (tertiary alicyclic amines) is 1. The number of fused-ring (bicyclic) bond motifs is 1. The molecule has 2 aliphatic heterocycles. The lowest BCUT2D eigenvalue weighted by atomic mass is 10.0. The van der Waals surface area contributed by atoms with Crippen LogP contribution in [0.5, 0.6) is 0 Å². The Bertz CT molecular complexity index is 481. The van der Waals surface area contributed by atoms with Crippen molar-refractivity contribution in [2.24, 2.45) is 0 Å². The van der Waals surface area contributed by atoms with E-state index in [1.807, 2.05) is 4.90 Å². The van der Waals surface area contributed by atoms with Crippen LogP contribution < -0.4 is 5.73 Å². The second-order valence-electron chi connectivity index (χ2n) is 5.06. The molecule has 0 unspecified atom stereocenters. The highest BCUT2D eigenvalue weighted by Crippen LogP contribution is 2.26. The van der Waals surface area contributed by atoms with Crippen molar-refractivity contribution in [1.29, 1.82) is 0 Å². The molecule has 0 atom stereocenters. The number of piperidine rings is 1. The van der Waals surface area contributed by atoms with Crippen molar-refractivity contribution < 1.29 is 4.79 Å². The molecule has 0 radical (unpaired) electrons. The van der Waals surface area contributed by atoms with Crippen molar-refractivity contribution in [3.8, 4) is 0 Å². The number of carbonyl (C=O) groups excluding carboxylic acids is 1. The third kappa shape index (κ3) is 1.82. The predicted octanol–water partition coefficient (Wildman–Crippen LogP) is 0.109. The van der Waals surface area contributed by atoms with Crippen LogP contribution >= 0.6 is 0 Å². The smallest absolute Gasteiger partial charge is 0.257 e. The number of carbonyl (C=O) groups is 1. The number of amides is 1. The Hall–Kier alpha value is -1.69. The molecular weight excluding hydrogens is 230 g/mol. The summed E-state index contributed by atoms with van der Waals surface area (Å²) in [6, 6.07) is 0.323. The zero-order valence-electron chi connectivity index (χ0n) is 10.5. The van der Waals surface area contributed by atoms with Crippen LogP contribution in [-0.2, 0) is 6.54 Å². The summed E-state index contributed by atoms with van der Waals surface area (Å²) in [5, 5.41) is 0. The Morgan fingerprint density at radius 1 is 1.39 bits per heavy atom. The second-order valence-corrected chi connectivity index (χ2v) is 5.06. The maximum atomic E-state index is 12.3. The summed E-state index contributed by atoms with van der Waals surface area (Å²) in [6.45, 7) is 2.66. The van der Waals surface area contributed by atoms with Crippen LogP contribution in [0.3, 0.4) is 0 Å². The van der Waals surface area contributed by atoms with E-state index >= 15 is 0 Å². The first-order valence-corrected chi connectivity index (χ1v) is 6.26. The first-order chi connectivity index (χ1) is 8.65. The van der Waals surface area contributed by atoms with E-state index in [1.54, 1.807) is 6.20 Å². The number of hydrogen-bond acceptors (Lipinski definition) is 5. The number of rotatable bonds is 1. The predicted molar refractivity (Wildman–Crippen MR) is 66.8 cm³/mol. The van der Waals surface area contributed by atoms with Crippen LogP contribution in [0.4, 0.5) is 5.95 Å². The van der Waals surface area contributed by atoms with Gasteiger partial charge in [-0.3, -0.25) is 4.79 Å². The first-order valence-electron chi connectivity index (χ1n) is 6.26. The van der Waals surface area contributed by atoms with Crippen LogP contribution in [-0.4, -0.2) is 51.9 Å².